The second kappa shape index (κ2) is 12.3. The van der Waals surface area contributed by atoms with Gasteiger partial charge in [0.15, 0.2) is 0 Å². The number of hydrogen-bond acceptors (Lipinski definition) is 4. The summed E-state index contributed by atoms with van der Waals surface area (Å²) in [4.78, 5) is 26.7. The lowest BCUT2D eigenvalue weighted by atomic mass is 9.83. The topological polar surface area (TPSA) is 95.5 Å². The van der Waals surface area contributed by atoms with E-state index in [1.54, 1.807) is 57.2 Å². The monoisotopic (exact) mass is 576 g/mol. The molecule has 6 nitrogen and oxygen atoms in total. The van der Waals surface area contributed by atoms with E-state index in [-0.39, 0.29) is 29.6 Å². The van der Waals surface area contributed by atoms with Crippen LogP contribution in [0.15, 0.2) is 65.6 Å². The van der Waals surface area contributed by atoms with Gasteiger partial charge >= 0.3 is 0 Å². The van der Waals surface area contributed by atoms with Gasteiger partial charge in [-0.1, -0.05) is 36.7 Å². The van der Waals surface area contributed by atoms with E-state index in [1.807, 2.05) is 0 Å². The van der Waals surface area contributed by atoms with Crippen LogP contribution in [0.4, 0.5) is 20.2 Å². The van der Waals surface area contributed by atoms with Crippen molar-refractivity contribution < 1.29 is 27.7 Å². The van der Waals surface area contributed by atoms with Gasteiger partial charge in [-0.2, -0.15) is 0 Å². The summed E-state index contributed by atoms with van der Waals surface area (Å²) in [6.07, 6.45) is 0.164. The van der Waals surface area contributed by atoms with Crippen LogP contribution in [0.3, 0.4) is 0 Å². The number of amides is 2. The minimum Gasteiger partial charge on any atom is -0.396 e. The van der Waals surface area contributed by atoms with Crippen LogP contribution < -0.4 is 10.6 Å². The molecule has 208 valence electrons. The fraction of sp³-hybridized carbons (Fsp3) is 0.276. The number of anilines is 2. The summed E-state index contributed by atoms with van der Waals surface area (Å²) in [5, 5.41) is 15.0. The van der Waals surface area contributed by atoms with Crippen molar-refractivity contribution in [2.75, 3.05) is 23.0 Å². The Morgan fingerprint density at radius 1 is 1.05 bits per heavy atom. The number of rotatable bonds is 10. The van der Waals surface area contributed by atoms with Crippen molar-refractivity contribution in [2.24, 2.45) is 0 Å². The number of aliphatic hydroxyl groups is 1. The smallest absolute Gasteiger partial charge is 0.234 e. The first-order chi connectivity index (χ1) is 18.3. The molecule has 0 bridgehead atoms. The fourth-order valence-electron chi connectivity index (χ4n) is 4.01. The Hall–Kier alpha value is -3.27. The standard InChI is InChI=1S/C29H31ClF2N2O4S/c1-5-39(4,38)21-10-6-18(7-11-21)22(14-15-35)27(36)33-20-9-12-23(24(30)17-20)29(2,3)28(37)34-26-13-8-19(31)16-25(26)32/h6-13,16-17,22,35H,4-5,14-15H2,1-3H3,(H,33,36)(H,34,37). The molecule has 3 aromatic carbocycles. The molecular formula is C29H31ClF2N2O4S. The van der Waals surface area contributed by atoms with Crippen LogP contribution >= 0.6 is 11.6 Å². The van der Waals surface area contributed by atoms with Gasteiger partial charge in [0.1, 0.15) is 11.6 Å². The molecule has 39 heavy (non-hydrogen) atoms. The molecule has 0 heterocycles. The molecule has 0 saturated heterocycles. The van der Waals surface area contributed by atoms with E-state index in [1.165, 1.54) is 6.07 Å². The molecule has 0 spiro atoms. The lowest BCUT2D eigenvalue weighted by Gasteiger charge is -2.26. The van der Waals surface area contributed by atoms with Gasteiger partial charge in [-0.3, -0.25) is 13.8 Å². The molecule has 2 unspecified atom stereocenters. The zero-order valence-electron chi connectivity index (χ0n) is 21.9. The Bertz CT molecular complexity index is 1480. The quantitative estimate of drug-likeness (QED) is 0.268. The molecular weight excluding hydrogens is 546 g/mol. The van der Waals surface area contributed by atoms with Gasteiger partial charge in [-0.05, 0) is 83.2 Å². The number of halogens is 3. The predicted molar refractivity (Wildman–Crippen MR) is 153 cm³/mol. The molecule has 10 heteroatoms. The number of hydrogen-bond donors (Lipinski definition) is 3. The van der Waals surface area contributed by atoms with Crippen LogP contribution in [-0.2, 0) is 24.5 Å². The Morgan fingerprint density at radius 3 is 2.28 bits per heavy atom. The zero-order valence-corrected chi connectivity index (χ0v) is 23.5. The van der Waals surface area contributed by atoms with Crippen molar-refractivity contribution in [3.05, 3.63) is 88.4 Å². The second-order valence-electron chi connectivity index (χ2n) is 9.62. The van der Waals surface area contributed by atoms with Crippen molar-refractivity contribution in [2.45, 2.75) is 43.4 Å². The molecule has 0 radical (unpaired) electrons. The number of carbonyl (C=O) groups is 2. The SMILES string of the molecule is C=S(=O)(CC)c1ccc(C(CCO)C(=O)Nc2ccc(C(C)(C)C(=O)Nc3ccc(F)cc3F)c(Cl)c2)cc1. The van der Waals surface area contributed by atoms with E-state index in [2.05, 4.69) is 16.5 Å². The molecule has 3 rings (SSSR count). The molecule has 3 aromatic rings. The van der Waals surface area contributed by atoms with E-state index in [4.69, 9.17) is 11.6 Å². The van der Waals surface area contributed by atoms with E-state index < -0.39 is 38.4 Å². The average molecular weight is 577 g/mol. The van der Waals surface area contributed by atoms with Gasteiger partial charge < -0.3 is 15.7 Å². The first-order valence-corrected chi connectivity index (χ1v) is 14.5. The van der Waals surface area contributed by atoms with Crippen molar-refractivity contribution in [3.63, 3.8) is 0 Å². The molecule has 0 aliphatic heterocycles. The van der Waals surface area contributed by atoms with Crippen LogP contribution in [0.25, 0.3) is 0 Å². The lowest BCUT2D eigenvalue weighted by molar-refractivity contribution is -0.120. The Morgan fingerprint density at radius 2 is 1.72 bits per heavy atom. The van der Waals surface area contributed by atoms with Crippen LogP contribution in [0, 0.1) is 11.6 Å². The summed E-state index contributed by atoms with van der Waals surface area (Å²) in [6.45, 7) is 4.78. The van der Waals surface area contributed by atoms with Crippen molar-refractivity contribution in [1.82, 2.24) is 0 Å². The summed E-state index contributed by atoms with van der Waals surface area (Å²) >= 11 is 6.50. The van der Waals surface area contributed by atoms with Crippen LogP contribution in [0.1, 0.15) is 44.2 Å². The average Bonchev–Trinajstić information content (AvgIpc) is 2.88. The zero-order chi connectivity index (χ0) is 29.0. The largest absolute Gasteiger partial charge is 0.396 e. The Balaban J connectivity index is 1.78. The number of carbonyl (C=O) groups excluding carboxylic acids is 2. The van der Waals surface area contributed by atoms with Crippen LogP contribution in [0.2, 0.25) is 5.02 Å². The molecule has 0 fully saturated rings. The first kappa shape index (κ1) is 30.3. The van der Waals surface area contributed by atoms with Crippen molar-refractivity contribution in [3.8, 4) is 0 Å². The molecule has 2 atom stereocenters. The minimum absolute atomic E-state index is 0.162. The van der Waals surface area contributed by atoms with E-state index in [0.717, 1.165) is 12.1 Å². The molecule has 0 aromatic heterocycles. The van der Waals surface area contributed by atoms with Crippen LogP contribution in [-0.4, -0.2) is 39.4 Å². The Kier molecular flexibility index (Phi) is 9.53. The predicted octanol–water partition coefficient (Wildman–Crippen LogP) is 5.73. The summed E-state index contributed by atoms with van der Waals surface area (Å²) in [5.41, 5.74) is 0.0839. The molecule has 0 aliphatic carbocycles. The van der Waals surface area contributed by atoms with E-state index in [9.17, 15) is 27.7 Å². The van der Waals surface area contributed by atoms with Crippen molar-refractivity contribution >= 4 is 50.2 Å². The van der Waals surface area contributed by atoms with Gasteiger partial charge in [-0.25, -0.2) is 8.78 Å². The molecule has 0 aliphatic rings. The summed E-state index contributed by atoms with van der Waals surface area (Å²) < 4.78 is 39.8. The highest BCUT2D eigenvalue weighted by molar-refractivity contribution is 8.00. The third-order valence-electron chi connectivity index (χ3n) is 6.57. The third-order valence-corrected chi connectivity index (χ3v) is 8.95. The summed E-state index contributed by atoms with van der Waals surface area (Å²) in [7, 11) is -2.40. The van der Waals surface area contributed by atoms with E-state index in [0.29, 0.717) is 33.5 Å². The highest BCUT2D eigenvalue weighted by Crippen LogP contribution is 2.34. The lowest BCUT2D eigenvalue weighted by Crippen LogP contribution is -2.35. The maximum absolute atomic E-state index is 14.0. The number of aliphatic hydroxyl groups excluding tert-OH is 1. The molecule has 3 N–H and O–H groups in total. The van der Waals surface area contributed by atoms with Gasteiger partial charge in [-0.15, -0.1) is 0 Å². The number of benzene rings is 3. The number of nitrogens with one attached hydrogen (secondary N) is 2. The van der Waals surface area contributed by atoms with Gasteiger partial charge in [0.2, 0.25) is 11.8 Å². The molecule has 0 saturated carbocycles. The summed E-state index contributed by atoms with van der Waals surface area (Å²) in [5.74, 6) is 0.879. The molecule has 2 amide bonds. The second-order valence-corrected chi connectivity index (χ2v) is 12.7. The maximum atomic E-state index is 14.0. The minimum atomic E-state index is -2.40. The van der Waals surface area contributed by atoms with Gasteiger partial charge in [0, 0.05) is 34.0 Å². The fourth-order valence-corrected chi connectivity index (χ4v) is 5.40. The van der Waals surface area contributed by atoms with Crippen LogP contribution in [0.5, 0.6) is 0 Å². The summed E-state index contributed by atoms with van der Waals surface area (Å²) in [6, 6.07) is 14.3. The maximum Gasteiger partial charge on any atom is 0.234 e. The highest BCUT2D eigenvalue weighted by atomic mass is 35.5. The third kappa shape index (κ3) is 7.03. The van der Waals surface area contributed by atoms with Gasteiger partial charge in [0.25, 0.3) is 0 Å². The van der Waals surface area contributed by atoms with E-state index >= 15 is 0 Å². The van der Waals surface area contributed by atoms with Crippen molar-refractivity contribution in [1.29, 1.82) is 0 Å². The normalized spacial score (nSPS) is 13.8. The highest BCUT2D eigenvalue weighted by Gasteiger charge is 2.33. The van der Waals surface area contributed by atoms with Gasteiger partial charge in [0.05, 0.1) is 17.0 Å². The first-order valence-electron chi connectivity index (χ1n) is 12.2. The Labute approximate surface area is 232 Å².